The molecule has 6 rings (SSSR count). The van der Waals surface area contributed by atoms with E-state index in [4.69, 9.17) is 23.2 Å². The Balaban J connectivity index is 1.33. The molecule has 1 N–H and O–H groups in total. The van der Waals surface area contributed by atoms with Gasteiger partial charge >= 0.3 is 0 Å². The summed E-state index contributed by atoms with van der Waals surface area (Å²) < 4.78 is 3.51. The lowest BCUT2D eigenvalue weighted by Gasteiger charge is -2.07. The van der Waals surface area contributed by atoms with Crippen molar-refractivity contribution < 1.29 is 9.59 Å². The van der Waals surface area contributed by atoms with Crippen molar-refractivity contribution >= 4 is 83.0 Å². The van der Waals surface area contributed by atoms with Crippen LogP contribution in [0.5, 0.6) is 0 Å². The topological polar surface area (TPSA) is 68.2 Å². The monoisotopic (exact) mass is 556 g/mol. The van der Waals surface area contributed by atoms with Gasteiger partial charge in [-0.1, -0.05) is 59.6 Å². The van der Waals surface area contributed by atoms with Crippen LogP contribution in [0.4, 0.5) is 5.69 Å². The summed E-state index contributed by atoms with van der Waals surface area (Å²) in [5.41, 5.74) is 2.19. The van der Waals surface area contributed by atoms with Gasteiger partial charge < -0.3 is 9.88 Å². The van der Waals surface area contributed by atoms with Crippen LogP contribution in [-0.2, 0) is 11.3 Å². The lowest BCUT2D eigenvalue weighted by Crippen LogP contribution is -2.22. The minimum Gasteiger partial charge on any atom is -0.342 e. The highest BCUT2D eigenvalue weighted by Crippen LogP contribution is 2.29. The van der Waals surface area contributed by atoms with Gasteiger partial charge in [0.25, 0.3) is 11.7 Å². The number of carbonyl (C=O) groups is 2. The van der Waals surface area contributed by atoms with E-state index in [0.717, 1.165) is 20.5 Å². The Morgan fingerprint density at radius 1 is 0.816 bits per heavy atom. The van der Waals surface area contributed by atoms with Gasteiger partial charge in [0.1, 0.15) is 0 Å². The Kier molecular flexibility index (Phi) is 6.24. The van der Waals surface area contributed by atoms with Gasteiger partial charge in [-0.2, -0.15) is 0 Å². The molecule has 0 saturated heterocycles. The van der Waals surface area contributed by atoms with Crippen molar-refractivity contribution in [1.82, 2.24) is 4.57 Å². The van der Waals surface area contributed by atoms with Crippen LogP contribution in [-0.4, -0.2) is 16.3 Å². The number of nitrogens with zero attached hydrogens (tertiary/aromatic N) is 1. The van der Waals surface area contributed by atoms with Crippen molar-refractivity contribution in [2.24, 2.45) is 0 Å². The zero-order valence-electron chi connectivity index (χ0n) is 19.7. The van der Waals surface area contributed by atoms with Gasteiger partial charge in [0, 0.05) is 59.5 Å². The highest BCUT2D eigenvalue weighted by atomic mass is 35.5. The first-order valence-electron chi connectivity index (χ1n) is 11.7. The molecule has 1 amide bonds. The minimum atomic E-state index is -0.787. The van der Waals surface area contributed by atoms with Crippen LogP contribution in [0, 0.1) is 0 Å². The maximum absolute atomic E-state index is 13.3. The normalized spacial score (nSPS) is 11.3. The molecule has 0 aliphatic rings. The number of amides is 1. The third kappa shape index (κ3) is 4.37. The van der Waals surface area contributed by atoms with E-state index in [1.807, 2.05) is 59.2 Å². The van der Waals surface area contributed by atoms with Crippen molar-refractivity contribution in [3.05, 3.63) is 123 Å². The third-order valence-corrected chi connectivity index (χ3v) is 8.18. The molecule has 0 unspecified atom stereocenters. The maximum Gasteiger partial charge on any atom is 0.296 e. The summed E-state index contributed by atoms with van der Waals surface area (Å²) in [6.45, 7) is 0.450. The van der Waals surface area contributed by atoms with Gasteiger partial charge in [-0.15, -0.1) is 11.3 Å². The first kappa shape index (κ1) is 24.4. The van der Waals surface area contributed by atoms with Gasteiger partial charge in [-0.3, -0.25) is 14.4 Å². The largest absolute Gasteiger partial charge is 0.342 e. The highest BCUT2D eigenvalue weighted by molar-refractivity contribution is 7.24. The Morgan fingerprint density at radius 3 is 2.34 bits per heavy atom. The van der Waals surface area contributed by atoms with Gasteiger partial charge in [-0.25, -0.2) is 0 Å². The number of ketones is 1. The zero-order chi connectivity index (χ0) is 26.4. The number of hydrogen-bond acceptors (Lipinski definition) is 4. The molecule has 2 aromatic heterocycles. The molecule has 0 spiro atoms. The number of Topliss-reactive ketones (excluding diaryl/α,β-unsaturated/α-hetero) is 1. The predicted octanol–water partition coefficient (Wildman–Crippen LogP) is 7.55. The first-order chi connectivity index (χ1) is 18.4. The fourth-order valence-corrected chi connectivity index (χ4v) is 5.99. The molecule has 0 atom stereocenters. The SMILES string of the molecule is O=C(Nc1ccc2sc3ccc(Cl)cc3c(=O)c2c1)C(=O)c1cn(Cc2ccccc2Cl)c2ccccc12. The maximum atomic E-state index is 13.3. The highest BCUT2D eigenvalue weighted by Gasteiger charge is 2.22. The predicted molar refractivity (Wildman–Crippen MR) is 156 cm³/mol. The number of aromatic nitrogens is 1. The smallest absolute Gasteiger partial charge is 0.296 e. The Hall–Kier alpha value is -3.97. The van der Waals surface area contributed by atoms with E-state index in [0.29, 0.717) is 44.0 Å². The van der Waals surface area contributed by atoms with E-state index in [9.17, 15) is 14.4 Å². The molecule has 4 aromatic carbocycles. The van der Waals surface area contributed by atoms with E-state index < -0.39 is 11.7 Å². The van der Waals surface area contributed by atoms with E-state index in [-0.39, 0.29) is 5.43 Å². The van der Waals surface area contributed by atoms with Gasteiger partial charge in [0.15, 0.2) is 5.43 Å². The first-order valence-corrected chi connectivity index (χ1v) is 13.3. The van der Waals surface area contributed by atoms with Gasteiger partial charge in [0.05, 0.1) is 5.56 Å². The Bertz CT molecular complexity index is 1980. The van der Waals surface area contributed by atoms with E-state index >= 15 is 0 Å². The van der Waals surface area contributed by atoms with Crippen LogP contribution in [0.1, 0.15) is 15.9 Å². The molecule has 6 aromatic rings. The van der Waals surface area contributed by atoms with Gasteiger partial charge in [0.2, 0.25) is 0 Å². The molecule has 0 saturated carbocycles. The molecule has 0 radical (unpaired) electrons. The second-order valence-electron chi connectivity index (χ2n) is 8.85. The minimum absolute atomic E-state index is 0.179. The van der Waals surface area contributed by atoms with E-state index in [1.54, 1.807) is 36.5 Å². The molecule has 0 aliphatic heterocycles. The van der Waals surface area contributed by atoms with Crippen LogP contribution in [0.25, 0.3) is 31.1 Å². The fourth-order valence-electron chi connectivity index (χ4n) is 4.59. The molecule has 0 aliphatic carbocycles. The molecule has 5 nitrogen and oxygen atoms in total. The summed E-state index contributed by atoms with van der Waals surface area (Å²) in [5, 5.41) is 5.41. The summed E-state index contributed by atoms with van der Waals surface area (Å²) in [7, 11) is 0. The second kappa shape index (κ2) is 9.72. The molecule has 2 heterocycles. The van der Waals surface area contributed by atoms with Crippen LogP contribution in [0.2, 0.25) is 10.0 Å². The van der Waals surface area contributed by atoms with Crippen LogP contribution in [0.15, 0.2) is 95.9 Å². The average Bonchev–Trinajstić information content (AvgIpc) is 3.29. The molecule has 38 heavy (non-hydrogen) atoms. The summed E-state index contributed by atoms with van der Waals surface area (Å²) >= 11 is 13.9. The number of benzene rings is 4. The summed E-state index contributed by atoms with van der Waals surface area (Å²) in [6, 6.07) is 25.2. The van der Waals surface area contributed by atoms with Crippen molar-refractivity contribution in [2.45, 2.75) is 6.54 Å². The quantitative estimate of drug-likeness (QED) is 0.135. The van der Waals surface area contributed by atoms with Crippen LogP contribution in [0.3, 0.4) is 0 Å². The fraction of sp³-hybridized carbons (Fsp3) is 0.0333. The van der Waals surface area contributed by atoms with Crippen molar-refractivity contribution in [3.8, 4) is 0 Å². The number of hydrogen-bond donors (Lipinski definition) is 1. The van der Waals surface area contributed by atoms with Crippen molar-refractivity contribution in [3.63, 3.8) is 0 Å². The average molecular weight is 557 g/mol. The lowest BCUT2D eigenvalue weighted by molar-refractivity contribution is -0.112. The van der Waals surface area contributed by atoms with Crippen LogP contribution < -0.4 is 10.7 Å². The standard InChI is InChI=1S/C30H18Cl2N2O3S/c31-18-9-11-26-21(13-18)28(35)22-14-19(10-12-27(22)38-26)33-30(37)29(36)23-16-34(25-8-4-2-6-20(23)25)15-17-5-1-3-7-24(17)32/h1-14,16H,15H2,(H,33,37). The summed E-state index contributed by atoms with van der Waals surface area (Å²) in [6.07, 6.45) is 1.68. The number of para-hydroxylation sites is 1. The van der Waals surface area contributed by atoms with E-state index in [1.165, 1.54) is 11.3 Å². The number of carbonyl (C=O) groups excluding carboxylic acids is 2. The Labute approximate surface area is 230 Å². The molecule has 0 fully saturated rings. The lowest BCUT2D eigenvalue weighted by atomic mass is 10.1. The number of nitrogens with one attached hydrogen (secondary N) is 1. The van der Waals surface area contributed by atoms with Crippen molar-refractivity contribution in [1.29, 1.82) is 0 Å². The number of anilines is 1. The van der Waals surface area contributed by atoms with E-state index in [2.05, 4.69) is 5.32 Å². The number of halogens is 2. The Morgan fingerprint density at radius 2 is 1.53 bits per heavy atom. The van der Waals surface area contributed by atoms with Crippen molar-refractivity contribution in [2.75, 3.05) is 5.32 Å². The molecule has 0 bridgehead atoms. The third-order valence-electron chi connectivity index (χ3n) is 6.43. The van der Waals surface area contributed by atoms with Gasteiger partial charge in [-0.05, 0) is 54.1 Å². The molecular formula is C30H18Cl2N2O3S. The second-order valence-corrected chi connectivity index (χ2v) is 10.8. The summed E-state index contributed by atoms with van der Waals surface area (Å²) in [4.78, 5) is 39.5. The molecular weight excluding hydrogens is 539 g/mol. The zero-order valence-corrected chi connectivity index (χ0v) is 22.0. The summed E-state index contributed by atoms with van der Waals surface area (Å²) in [5.74, 6) is -1.46. The van der Waals surface area contributed by atoms with Crippen LogP contribution >= 0.6 is 34.5 Å². The number of rotatable bonds is 5. The molecule has 8 heteroatoms. The number of fused-ring (bicyclic) bond motifs is 3. The molecule has 186 valence electrons.